The highest BCUT2D eigenvalue weighted by molar-refractivity contribution is 5.76. The van der Waals surface area contributed by atoms with Gasteiger partial charge in [0.15, 0.2) is 0 Å². The summed E-state index contributed by atoms with van der Waals surface area (Å²) >= 11 is 0. The van der Waals surface area contributed by atoms with E-state index in [0.717, 1.165) is 0 Å². The van der Waals surface area contributed by atoms with Crippen molar-refractivity contribution in [1.29, 1.82) is 0 Å². The number of nitrogens with zero attached hydrogens (tertiary/aromatic N) is 1. The van der Waals surface area contributed by atoms with Crippen LogP contribution in [0.4, 0.5) is 0 Å². The fourth-order valence-corrected chi connectivity index (χ4v) is 1.34. The molecule has 0 amide bonds. The van der Waals surface area contributed by atoms with Crippen molar-refractivity contribution >= 4 is 5.97 Å². The molecule has 1 fully saturated rings. The van der Waals surface area contributed by atoms with Crippen LogP contribution in [0.1, 0.15) is 19.8 Å². The van der Waals surface area contributed by atoms with Crippen molar-refractivity contribution in [3.63, 3.8) is 0 Å². The first-order valence-electron chi connectivity index (χ1n) is 5.21. The minimum atomic E-state index is -0.169. The van der Waals surface area contributed by atoms with Crippen molar-refractivity contribution in [3.05, 3.63) is 0 Å². The van der Waals surface area contributed by atoms with Gasteiger partial charge in [0.1, 0.15) is 6.04 Å². The highest BCUT2D eigenvalue weighted by atomic mass is 16.5. The molecule has 4 heteroatoms. The van der Waals surface area contributed by atoms with Gasteiger partial charge in [0.05, 0.1) is 6.61 Å². The Morgan fingerprint density at radius 2 is 2.21 bits per heavy atom. The summed E-state index contributed by atoms with van der Waals surface area (Å²) in [6, 6.07) is 0.363. The molecule has 1 N–H and O–H groups in total. The number of hydrogen-bond acceptors (Lipinski definition) is 4. The normalized spacial score (nSPS) is 18.3. The second-order valence-electron chi connectivity index (χ2n) is 4.01. The number of carbonyl (C=O) groups excluding carboxylic acids is 1. The zero-order chi connectivity index (χ0) is 10.6. The summed E-state index contributed by atoms with van der Waals surface area (Å²) in [6.07, 6.45) is 2.37. The van der Waals surface area contributed by atoms with E-state index in [0.29, 0.717) is 19.2 Å². The van der Waals surface area contributed by atoms with Crippen molar-refractivity contribution in [1.82, 2.24) is 10.2 Å². The fraction of sp³-hybridized carbons (Fsp3) is 0.900. The highest BCUT2D eigenvalue weighted by Crippen LogP contribution is 2.19. The lowest BCUT2D eigenvalue weighted by atomic mass is 10.3. The smallest absolute Gasteiger partial charge is 0.324 e. The molecule has 14 heavy (non-hydrogen) atoms. The lowest BCUT2D eigenvalue weighted by Crippen LogP contribution is -2.46. The van der Waals surface area contributed by atoms with Crippen LogP contribution in [-0.4, -0.2) is 50.2 Å². The minimum Gasteiger partial charge on any atom is -0.465 e. The van der Waals surface area contributed by atoms with Gasteiger partial charge in [-0.25, -0.2) is 0 Å². The molecule has 0 aromatic heterocycles. The van der Waals surface area contributed by atoms with Crippen molar-refractivity contribution in [2.75, 3.05) is 27.2 Å². The molecule has 0 spiro atoms. The first-order chi connectivity index (χ1) is 6.63. The van der Waals surface area contributed by atoms with Crippen LogP contribution in [0.15, 0.2) is 0 Å². The Balaban J connectivity index is 2.37. The summed E-state index contributed by atoms with van der Waals surface area (Å²) in [7, 11) is 3.92. The molecule has 1 aliphatic carbocycles. The predicted octanol–water partition coefficient (Wildman–Crippen LogP) is 0.232. The van der Waals surface area contributed by atoms with Gasteiger partial charge in [-0.3, -0.25) is 4.79 Å². The van der Waals surface area contributed by atoms with E-state index in [1.54, 1.807) is 0 Å². The number of hydrogen-bond donors (Lipinski definition) is 1. The summed E-state index contributed by atoms with van der Waals surface area (Å²) in [4.78, 5) is 13.5. The minimum absolute atomic E-state index is 0.131. The molecule has 1 saturated carbocycles. The molecule has 4 nitrogen and oxygen atoms in total. The van der Waals surface area contributed by atoms with Gasteiger partial charge in [0, 0.05) is 12.6 Å². The number of carbonyl (C=O) groups is 1. The third-order valence-electron chi connectivity index (χ3n) is 2.13. The van der Waals surface area contributed by atoms with Crippen LogP contribution in [0.25, 0.3) is 0 Å². The van der Waals surface area contributed by atoms with E-state index in [4.69, 9.17) is 4.74 Å². The van der Waals surface area contributed by atoms with Crippen LogP contribution in [0, 0.1) is 0 Å². The summed E-state index contributed by atoms with van der Waals surface area (Å²) in [5.74, 6) is -0.131. The molecular weight excluding hydrogens is 180 g/mol. The summed E-state index contributed by atoms with van der Waals surface area (Å²) in [5, 5.41) is 3.29. The zero-order valence-corrected chi connectivity index (χ0v) is 9.25. The fourth-order valence-electron chi connectivity index (χ4n) is 1.34. The maximum atomic E-state index is 11.5. The lowest BCUT2D eigenvalue weighted by molar-refractivity contribution is -0.146. The Labute approximate surface area is 85.6 Å². The number of esters is 1. The largest absolute Gasteiger partial charge is 0.465 e. The van der Waals surface area contributed by atoms with Crippen LogP contribution in [0.5, 0.6) is 0 Å². The molecule has 0 saturated heterocycles. The molecule has 0 heterocycles. The molecule has 0 radical (unpaired) electrons. The monoisotopic (exact) mass is 200 g/mol. The van der Waals surface area contributed by atoms with Crippen LogP contribution in [0.3, 0.4) is 0 Å². The van der Waals surface area contributed by atoms with Gasteiger partial charge in [-0.15, -0.1) is 0 Å². The second kappa shape index (κ2) is 5.32. The van der Waals surface area contributed by atoms with E-state index in [1.165, 1.54) is 12.8 Å². The standard InChI is InChI=1S/C10H20N2O2/c1-4-14-10(13)9(7-12(2)3)11-8-5-6-8/h8-9,11H,4-7H2,1-3H3. The van der Waals surface area contributed by atoms with Gasteiger partial charge < -0.3 is 15.0 Å². The highest BCUT2D eigenvalue weighted by Gasteiger charge is 2.29. The van der Waals surface area contributed by atoms with Gasteiger partial charge in [-0.05, 0) is 33.9 Å². The third kappa shape index (κ3) is 4.07. The van der Waals surface area contributed by atoms with Crippen molar-refractivity contribution in [2.45, 2.75) is 31.8 Å². The Bertz CT molecular complexity index is 187. The topological polar surface area (TPSA) is 41.6 Å². The van der Waals surface area contributed by atoms with Crippen LogP contribution in [0.2, 0.25) is 0 Å². The van der Waals surface area contributed by atoms with E-state index >= 15 is 0 Å². The number of nitrogens with one attached hydrogen (secondary N) is 1. The zero-order valence-electron chi connectivity index (χ0n) is 9.25. The van der Waals surface area contributed by atoms with Gasteiger partial charge >= 0.3 is 5.97 Å². The molecule has 0 aromatic carbocycles. The quantitative estimate of drug-likeness (QED) is 0.623. The number of likely N-dealkylation sites (N-methyl/N-ethyl adjacent to an activating group) is 1. The summed E-state index contributed by atoms with van der Waals surface area (Å²) in [5.41, 5.74) is 0. The molecule has 82 valence electrons. The van der Waals surface area contributed by atoms with E-state index in [-0.39, 0.29) is 12.0 Å². The molecule has 0 aromatic rings. The molecule has 1 rings (SSSR count). The van der Waals surface area contributed by atoms with Gasteiger partial charge in [0.2, 0.25) is 0 Å². The molecule has 0 bridgehead atoms. The van der Waals surface area contributed by atoms with Gasteiger partial charge in [-0.2, -0.15) is 0 Å². The lowest BCUT2D eigenvalue weighted by Gasteiger charge is -2.20. The molecule has 1 unspecified atom stereocenters. The van der Waals surface area contributed by atoms with Crippen molar-refractivity contribution in [2.24, 2.45) is 0 Å². The summed E-state index contributed by atoms with van der Waals surface area (Å²) in [6.45, 7) is 2.99. The van der Waals surface area contributed by atoms with Crippen molar-refractivity contribution < 1.29 is 9.53 Å². The SMILES string of the molecule is CCOC(=O)C(CN(C)C)NC1CC1. The molecule has 1 atom stereocenters. The Hall–Kier alpha value is -0.610. The van der Waals surface area contributed by atoms with E-state index in [1.807, 2.05) is 25.9 Å². The maximum Gasteiger partial charge on any atom is 0.324 e. The average Bonchev–Trinajstić information content (AvgIpc) is 2.86. The van der Waals surface area contributed by atoms with E-state index in [2.05, 4.69) is 5.32 Å². The molecule has 0 aliphatic heterocycles. The van der Waals surface area contributed by atoms with Crippen LogP contribution in [-0.2, 0) is 9.53 Å². The van der Waals surface area contributed by atoms with E-state index < -0.39 is 0 Å². The average molecular weight is 200 g/mol. The molecule has 1 aliphatic rings. The van der Waals surface area contributed by atoms with Crippen LogP contribution >= 0.6 is 0 Å². The first-order valence-corrected chi connectivity index (χ1v) is 5.21. The predicted molar refractivity (Wildman–Crippen MR) is 55.1 cm³/mol. The van der Waals surface area contributed by atoms with Crippen molar-refractivity contribution in [3.8, 4) is 0 Å². The van der Waals surface area contributed by atoms with Gasteiger partial charge in [-0.1, -0.05) is 0 Å². The first kappa shape index (κ1) is 11.5. The number of ether oxygens (including phenoxy) is 1. The Morgan fingerprint density at radius 3 is 2.64 bits per heavy atom. The Kier molecular flexibility index (Phi) is 4.35. The maximum absolute atomic E-state index is 11.5. The second-order valence-corrected chi connectivity index (χ2v) is 4.01. The number of rotatable bonds is 6. The van der Waals surface area contributed by atoms with Crippen LogP contribution < -0.4 is 5.32 Å². The summed E-state index contributed by atoms with van der Waals surface area (Å²) < 4.78 is 5.01. The van der Waals surface area contributed by atoms with Gasteiger partial charge in [0.25, 0.3) is 0 Å². The Morgan fingerprint density at radius 1 is 1.57 bits per heavy atom. The third-order valence-corrected chi connectivity index (χ3v) is 2.13. The molecular formula is C10H20N2O2. The van der Waals surface area contributed by atoms with E-state index in [9.17, 15) is 4.79 Å².